The SMILES string of the molecule is CCCCC(CCC)C(=O)NO. The summed E-state index contributed by atoms with van der Waals surface area (Å²) in [6.07, 6.45) is 4.89. The van der Waals surface area contributed by atoms with E-state index in [4.69, 9.17) is 5.21 Å². The van der Waals surface area contributed by atoms with Crippen LogP contribution in [0.1, 0.15) is 46.0 Å². The van der Waals surface area contributed by atoms with Gasteiger partial charge in [-0.3, -0.25) is 10.0 Å². The first-order chi connectivity index (χ1) is 5.76. The topological polar surface area (TPSA) is 49.3 Å². The number of hydrogen-bond acceptors (Lipinski definition) is 2. The van der Waals surface area contributed by atoms with Crippen LogP contribution in [0.25, 0.3) is 0 Å². The Balaban J connectivity index is 3.76. The minimum absolute atomic E-state index is 0.0000463. The van der Waals surface area contributed by atoms with Gasteiger partial charge >= 0.3 is 0 Å². The maximum Gasteiger partial charge on any atom is 0.246 e. The fraction of sp³-hybridized carbons (Fsp3) is 0.889. The summed E-state index contributed by atoms with van der Waals surface area (Å²) in [5.41, 5.74) is 1.72. The Morgan fingerprint density at radius 3 is 2.42 bits per heavy atom. The van der Waals surface area contributed by atoms with E-state index in [1.54, 1.807) is 5.48 Å². The normalized spacial score (nSPS) is 12.6. The van der Waals surface area contributed by atoms with E-state index in [1.165, 1.54) is 0 Å². The number of carbonyl (C=O) groups excluding carboxylic acids is 1. The van der Waals surface area contributed by atoms with E-state index in [-0.39, 0.29) is 11.8 Å². The first-order valence-electron chi connectivity index (χ1n) is 4.70. The zero-order valence-corrected chi connectivity index (χ0v) is 7.97. The third-order valence-corrected chi connectivity index (χ3v) is 2.02. The van der Waals surface area contributed by atoms with E-state index >= 15 is 0 Å². The Bertz CT molecular complexity index is 126. The van der Waals surface area contributed by atoms with Gasteiger partial charge < -0.3 is 0 Å². The van der Waals surface area contributed by atoms with Gasteiger partial charge in [0, 0.05) is 5.92 Å². The van der Waals surface area contributed by atoms with Crippen LogP contribution >= 0.6 is 0 Å². The highest BCUT2D eigenvalue weighted by Crippen LogP contribution is 2.14. The Morgan fingerprint density at radius 2 is 2.00 bits per heavy atom. The van der Waals surface area contributed by atoms with E-state index in [2.05, 4.69) is 6.92 Å². The molecule has 0 radical (unpaired) electrons. The van der Waals surface area contributed by atoms with Gasteiger partial charge in [-0.2, -0.15) is 0 Å². The molecule has 3 heteroatoms. The molecule has 12 heavy (non-hydrogen) atoms. The van der Waals surface area contributed by atoms with Crippen LogP contribution in [0, 0.1) is 5.92 Å². The molecule has 0 heterocycles. The average Bonchev–Trinajstić information content (AvgIpc) is 2.11. The standard InChI is InChI=1S/C9H19NO2/c1-3-5-7-8(6-4-2)9(11)10-12/h8,12H,3-7H2,1-2H3,(H,10,11). The predicted molar refractivity (Wildman–Crippen MR) is 47.9 cm³/mol. The fourth-order valence-electron chi connectivity index (χ4n) is 1.30. The van der Waals surface area contributed by atoms with E-state index in [0.717, 1.165) is 32.1 Å². The molecule has 0 saturated carbocycles. The van der Waals surface area contributed by atoms with Crippen molar-refractivity contribution in [2.24, 2.45) is 5.92 Å². The molecule has 0 aliphatic heterocycles. The summed E-state index contributed by atoms with van der Waals surface area (Å²) in [5.74, 6) is -0.231. The number of nitrogens with one attached hydrogen (secondary N) is 1. The first-order valence-corrected chi connectivity index (χ1v) is 4.70. The van der Waals surface area contributed by atoms with Crippen molar-refractivity contribution in [1.29, 1.82) is 0 Å². The maximum absolute atomic E-state index is 11.0. The summed E-state index contributed by atoms with van der Waals surface area (Å²) < 4.78 is 0. The molecule has 1 atom stereocenters. The number of amides is 1. The van der Waals surface area contributed by atoms with Crippen LogP contribution in [-0.4, -0.2) is 11.1 Å². The second-order valence-corrected chi connectivity index (χ2v) is 3.10. The number of rotatable bonds is 6. The van der Waals surface area contributed by atoms with Crippen LogP contribution < -0.4 is 5.48 Å². The van der Waals surface area contributed by atoms with Gasteiger partial charge in [-0.15, -0.1) is 0 Å². The van der Waals surface area contributed by atoms with Gasteiger partial charge in [0.05, 0.1) is 0 Å². The van der Waals surface area contributed by atoms with Gasteiger partial charge in [-0.25, -0.2) is 5.48 Å². The Morgan fingerprint density at radius 1 is 1.33 bits per heavy atom. The monoisotopic (exact) mass is 173 g/mol. The molecule has 0 fully saturated rings. The molecular weight excluding hydrogens is 154 g/mol. The molecular formula is C9H19NO2. The highest BCUT2D eigenvalue weighted by molar-refractivity contribution is 5.77. The summed E-state index contributed by atoms with van der Waals surface area (Å²) in [6, 6.07) is 0. The van der Waals surface area contributed by atoms with Crippen molar-refractivity contribution < 1.29 is 10.0 Å². The van der Waals surface area contributed by atoms with Crippen molar-refractivity contribution in [2.75, 3.05) is 0 Å². The van der Waals surface area contributed by atoms with Crippen LogP contribution in [0.3, 0.4) is 0 Å². The zero-order chi connectivity index (χ0) is 9.40. The highest BCUT2D eigenvalue weighted by atomic mass is 16.5. The molecule has 1 amide bonds. The van der Waals surface area contributed by atoms with Crippen molar-refractivity contribution in [1.82, 2.24) is 5.48 Å². The van der Waals surface area contributed by atoms with Gasteiger partial charge in [0.1, 0.15) is 0 Å². The molecule has 3 nitrogen and oxygen atoms in total. The Labute approximate surface area is 74.1 Å². The molecule has 0 aliphatic carbocycles. The second-order valence-electron chi connectivity index (χ2n) is 3.10. The van der Waals surface area contributed by atoms with Gasteiger partial charge in [0.2, 0.25) is 5.91 Å². The predicted octanol–water partition coefficient (Wildman–Crippen LogP) is 2.10. The van der Waals surface area contributed by atoms with Crippen LogP contribution in [0.4, 0.5) is 0 Å². The first kappa shape index (κ1) is 11.4. The molecule has 2 N–H and O–H groups in total. The molecule has 0 saturated heterocycles. The van der Waals surface area contributed by atoms with Crippen LogP contribution in [-0.2, 0) is 4.79 Å². The summed E-state index contributed by atoms with van der Waals surface area (Å²) >= 11 is 0. The van der Waals surface area contributed by atoms with Crippen molar-refractivity contribution in [2.45, 2.75) is 46.0 Å². The lowest BCUT2D eigenvalue weighted by atomic mass is 9.97. The van der Waals surface area contributed by atoms with Crippen molar-refractivity contribution in [3.63, 3.8) is 0 Å². The van der Waals surface area contributed by atoms with E-state index < -0.39 is 0 Å². The van der Waals surface area contributed by atoms with Crippen molar-refractivity contribution >= 4 is 5.91 Å². The molecule has 0 aromatic heterocycles. The molecule has 1 unspecified atom stereocenters. The smallest absolute Gasteiger partial charge is 0.246 e. The molecule has 0 aromatic carbocycles. The third kappa shape index (κ3) is 4.34. The van der Waals surface area contributed by atoms with Crippen LogP contribution in [0.5, 0.6) is 0 Å². The van der Waals surface area contributed by atoms with Gasteiger partial charge in [0.25, 0.3) is 0 Å². The van der Waals surface area contributed by atoms with E-state index in [0.29, 0.717) is 0 Å². The largest absolute Gasteiger partial charge is 0.289 e. The average molecular weight is 173 g/mol. The maximum atomic E-state index is 11.0. The summed E-state index contributed by atoms with van der Waals surface area (Å²) in [5, 5.41) is 8.43. The summed E-state index contributed by atoms with van der Waals surface area (Å²) in [7, 11) is 0. The van der Waals surface area contributed by atoms with Crippen LogP contribution in [0.15, 0.2) is 0 Å². The zero-order valence-electron chi connectivity index (χ0n) is 7.97. The van der Waals surface area contributed by atoms with Crippen molar-refractivity contribution in [3.8, 4) is 0 Å². The number of carbonyl (C=O) groups is 1. The highest BCUT2D eigenvalue weighted by Gasteiger charge is 2.15. The molecule has 0 bridgehead atoms. The lowest BCUT2D eigenvalue weighted by Gasteiger charge is -2.12. The molecule has 72 valence electrons. The number of hydrogen-bond donors (Lipinski definition) is 2. The Kier molecular flexibility index (Phi) is 6.76. The molecule has 0 aromatic rings. The second kappa shape index (κ2) is 7.10. The van der Waals surface area contributed by atoms with Gasteiger partial charge in [-0.05, 0) is 12.8 Å². The van der Waals surface area contributed by atoms with E-state index in [1.807, 2.05) is 6.92 Å². The number of unbranched alkanes of at least 4 members (excludes halogenated alkanes) is 1. The summed E-state index contributed by atoms with van der Waals surface area (Å²) in [6.45, 7) is 4.14. The Hall–Kier alpha value is -0.570. The molecule has 0 aliphatic rings. The lowest BCUT2D eigenvalue weighted by molar-refractivity contribution is -0.133. The van der Waals surface area contributed by atoms with Crippen LogP contribution in [0.2, 0.25) is 0 Å². The quantitative estimate of drug-likeness (QED) is 0.477. The summed E-state index contributed by atoms with van der Waals surface area (Å²) in [4.78, 5) is 11.0. The van der Waals surface area contributed by atoms with Gasteiger partial charge in [0.15, 0.2) is 0 Å². The third-order valence-electron chi connectivity index (χ3n) is 2.02. The molecule has 0 rings (SSSR count). The van der Waals surface area contributed by atoms with E-state index in [9.17, 15) is 4.79 Å². The van der Waals surface area contributed by atoms with Crippen molar-refractivity contribution in [3.05, 3.63) is 0 Å². The lowest BCUT2D eigenvalue weighted by Crippen LogP contribution is -2.27. The fourth-order valence-corrected chi connectivity index (χ4v) is 1.30. The minimum atomic E-state index is -0.231. The number of hydroxylamine groups is 1. The van der Waals surface area contributed by atoms with Gasteiger partial charge in [-0.1, -0.05) is 33.1 Å². The minimum Gasteiger partial charge on any atom is -0.289 e. The molecule has 0 spiro atoms.